The summed E-state index contributed by atoms with van der Waals surface area (Å²) in [4.78, 5) is 8.15. The standard InChI is InChI=1S/C54H48IS2.3C4HF9O3S/c1-39-5-25-49(26-6-39)56(50-27-7-40(2)8-28-50)53-33-17-45(18-34-53)37-43-13-21-47(22-14-43)55-48-23-15-44(16-24-48)38-46-19-35-54(36-20-46)57(51-29-9-41(3)10-30-51)52-31-11-42(4)12-32-52;3*5-1(6,3(9,10)11)2(7,8)4(12,13)17(14,15)16/h5-36H,37-38H2,1-4H3;3*(H,14,15,16)/q+3;;;/p-3. The largest absolute Gasteiger partial charge is 0.743 e. The van der Waals surface area contributed by atoms with E-state index in [2.05, 4.69) is 222 Å². The first-order valence-electron chi connectivity index (χ1n) is 29.1. The van der Waals surface area contributed by atoms with Gasteiger partial charge < -0.3 is 13.7 Å². The lowest BCUT2D eigenvalue weighted by Crippen LogP contribution is -3.61. The highest BCUT2D eigenvalue weighted by Crippen LogP contribution is 2.57. The summed E-state index contributed by atoms with van der Waals surface area (Å²) in [5.41, 5.74) is 10.6. The number of halogens is 28. The van der Waals surface area contributed by atoms with E-state index in [-0.39, 0.29) is 43.0 Å². The second kappa shape index (κ2) is 33.1. The first-order chi connectivity index (χ1) is 48.8. The molecule has 592 valence electrons. The Hall–Kier alpha value is -6.97. The number of alkyl halides is 27. The molecule has 0 N–H and O–H groups in total. The van der Waals surface area contributed by atoms with E-state index in [1.165, 1.54) is 81.0 Å². The monoisotopic (exact) mass is 1780 g/mol. The molecule has 0 saturated heterocycles. The smallest absolute Gasteiger partial charge is 0.460 e. The fourth-order valence-corrected chi connectivity index (χ4v) is 16.0. The number of aryl methyl sites for hydroxylation is 4. The summed E-state index contributed by atoms with van der Waals surface area (Å²) in [6.45, 7) is 8.63. The number of hydrogen-bond donors (Lipinski definition) is 0. The number of hydrogen-bond acceptors (Lipinski definition) is 9. The molecule has 108 heavy (non-hydrogen) atoms. The van der Waals surface area contributed by atoms with Crippen LogP contribution in [0.3, 0.4) is 0 Å². The molecule has 0 aliphatic carbocycles. The maximum Gasteiger partial charge on any atom is 0.460 e. The second-order valence-corrected chi connectivity index (χ2v) is 34.1. The Bertz CT molecular complexity index is 4230. The quantitative estimate of drug-likeness (QED) is 0.0294. The zero-order valence-corrected chi connectivity index (χ0v) is 60.4. The van der Waals surface area contributed by atoms with Crippen molar-refractivity contribution < 1.29 is 179 Å². The first-order valence-corrected chi connectivity index (χ1v) is 37.9. The van der Waals surface area contributed by atoms with Gasteiger partial charge in [0, 0.05) is 0 Å². The van der Waals surface area contributed by atoms with Gasteiger partial charge in [-0.25, -0.2) is 25.3 Å². The van der Waals surface area contributed by atoms with Crippen LogP contribution in [0.2, 0.25) is 0 Å². The SMILES string of the molecule is Cc1ccc([S+](c2ccc(C)cc2)c2ccc(Cc3ccc([I+]c4ccc(Cc5ccc([S+](c6ccc(C)cc6)c6ccc(C)cc6)cc5)cc4)cc3)cc2)cc1.O=S(=O)([O-])C(F)(F)C(F)(F)C(F)(F)C(F)(F)F.O=S(=O)([O-])C(F)(F)C(F)(F)C(F)(F)C(F)(F)F.O=S(=O)([O-])C(F)(F)C(F)(F)C(F)(F)C(F)(F)F. The summed E-state index contributed by atoms with van der Waals surface area (Å²) in [6, 6.07) is 73.5. The minimum atomic E-state index is -7.43. The summed E-state index contributed by atoms with van der Waals surface area (Å²) in [5, 5.41) is -21.3. The average Bonchev–Trinajstić information content (AvgIpc) is 0.739. The van der Waals surface area contributed by atoms with Crippen molar-refractivity contribution in [1.82, 2.24) is 0 Å². The molecule has 0 aliphatic rings. The van der Waals surface area contributed by atoms with E-state index in [9.17, 15) is 157 Å². The van der Waals surface area contributed by atoms with Crippen molar-refractivity contribution in [3.05, 3.63) is 246 Å². The van der Waals surface area contributed by atoms with Crippen molar-refractivity contribution in [2.24, 2.45) is 0 Å². The van der Waals surface area contributed by atoms with Crippen molar-refractivity contribution in [2.75, 3.05) is 0 Å². The highest BCUT2D eigenvalue weighted by Gasteiger charge is 2.86. The van der Waals surface area contributed by atoms with Gasteiger partial charge in [0.05, 0.1) is 21.8 Å². The minimum absolute atomic E-state index is 0.133. The third kappa shape index (κ3) is 20.2. The number of benzene rings is 8. The molecule has 9 nitrogen and oxygen atoms in total. The molecule has 0 radical (unpaired) electrons. The van der Waals surface area contributed by atoms with Crippen LogP contribution in [0.5, 0.6) is 0 Å². The normalized spacial score (nSPS) is 13.6. The Kier molecular flexibility index (Phi) is 28.1. The molecule has 0 heterocycles. The third-order valence-corrected chi connectivity index (χ3v) is 24.3. The fraction of sp³-hybridized carbons (Fsp3) is 0.273. The van der Waals surface area contributed by atoms with Gasteiger partial charge in [-0.15, -0.1) is 0 Å². The molecule has 0 unspecified atom stereocenters. The predicted octanol–water partition coefficient (Wildman–Crippen LogP) is 16.3. The molecule has 0 fully saturated rings. The van der Waals surface area contributed by atoms with Crippen LogP contribution in [0.25, 0.3) is 0 Å². The van der Waals surface area contributed by atoms with Gasteiger partial charge in [0.2, 0.25) is 0 Å². The van der Waals surface area contributed by atoms with Gasteiger partial charge in [-0.05, 0) is 160 Å². The van der Waals surface area contributed by atoms with Crippen LogP contribution >= 0.6 is 0 Å². The molecular weight excluding hydrogens is 1740 g/mol. The second-order valence-electron chi connectivity index (χ2n) is 22.7. The minimum Gasteiger partial charge on any atom is -0.743 e. The highest BCUT2D eigenvalue weighted by molar-refractivity contribution is 7.97. The molecule has 8 rings (SSSR count). The molecule has 8 aromatic carbocycles. The van der Waals surface area contributed by atoms with Crippen molar-refractivity contribution in [3.63, 3.8) is 0 Å². The van der Waals surface area contributed by atoms with Crippen molar-refractivity contribution in [2.45, 2.75) is 140 Å². The summed E-state index contributed by atoms with van der Waals surface area (Å²) < 4.78 is 409. The molecule has 0 aromatic heterocycles. The molecule has 0 amide bonds. The van der Waals surface area contributed by atoms with Gasteiger partial charge >= 0.3 is 91.0 Å². The summed E-state index contributed by atoms with van der Waals surface area (Å²) in [7, 11) is -22.5. The maximum atomic E-state index is 12.2. The molecule has 0 spiro atoms. The summed E-state index contributed by atoms with van der Waals surface area (Å²) in [5.74, 6) is -44.5. The Morgan fingerprint density at radius 2 is 0.398 bits per heavy atom. The third-order valence-electron chi connectivity index (χ3n) is 14.5. The van der Waals surface area contributed by atoms with Gasteiger partial charge in [0.1, 0.15) is 0 Å². The highest BCUT2D eigenvalue weighted by atomic mass is 127. The van der Waals surface area contributed by atoms with Crippen LogP contribution in [0.15, 0.2) is 223 Å². The first kappa shape index (κ1) is 91.6. The summed E-state index contributed by atoms with van der Waals surface area (Å²) >= 11 is -0.239. The van der Waals surface area contributed by atoms with E-state index in [1.54, 1.807) is 0 Å². The zero-order valence-electron chi connectivity index (χ0n) is 54.2. The predicted molar refractivity (Wildman–Crippen MR) is 330 cm³/mol. The van der Waals surface area contributed by atoms with Crippen LogP contribution in [0.1, 0.15) is 44.5 Å². The van der Waals surface area contributed by atoms with Gasteiger partial charge in [0.15, 0.2) is 66.9 Å². The van der Waals surface area contributed by atoms with E-state index in [4.69, 9.17) is 0 Å². The van der Waals surface area contributed by atoms with Crippen LogP contribution in [0, 0.1) is 34.8 Å². The van der Waals surface area contributed by atoms with Crippen molar-refractivity contribution in [1.29, 1.82) is 0 Å². The van der Waals surface area contributed by atoms with E-state index >= 15 is 0 Å². The van der Waals surface area contributed by atoms with Crippen molar-refractivity contribution in [3.8, 4) is 0 Å². The zero-order chi connectivity index (χ0) is 82.6. The van der Waals surface area contributed by atoms with Crippen LogP contribution in [-0.2, 0) is 65.0 Å². The molecule has 42 heteroatoms. The molecule has 0 bridgehead atoms. The van der Waals surface area contributed by atoms with E-state index < -0.39 is 100 Å². The van der Waals surface area contributed by atoms with E-state index in [0.29, 0.717) is 0 Å². The topological polar surface area (TPSA) is 172 Å². The maximum absolute atomic E-state index is 12.2. The molecule has 0 saturated carbocycles. The lowest BCUT2D eigenvalue weighted by molar-refractivity contribution is -0.597. The Labute approximate surface area is 612 Å². The molecule has 0 aliphatic heterocycles. The summed E-state index contributed by atoms with van der Waals surface area (Å²) in [6.07, 6.45) is -19.6. The van der Waals surface area contributed by atoms with E-state index in [0.717, 1.165) is 12.8 Å². The molecular formula is C66H48F27IO9S5. The fourth-order valence-electron chi connectivity index (χ4n) is 8.48. The Morgan fingerprint density at radius 3 is 0.546 bits per heavy atom. The van der Waals surface area contributed by atoms with Gasteiger partial charge in [-0.1, -0.05) is 119 Å². The lowest BCUT2D eigenvalue weighted by atomic mass is 10.1. The Balaban J connectivity index is 0.000000333. The number of rotatable bonds is 21. The lowest BCUT2D eigenvalue weighted by Gasteiger charge is -2.34. The van der Waals surface area contributed by atoms with Crippen molar-refractivity contribution >= 4 is 52.1 Å². The molecule has 8 aromatic rings. The van der Waals surface area contributed by atoms with Gasteiger partial charge in [0.25, 0.3) is 0 Å². The van der Waals surface area contributed by atoms with Gasteiger partial charge in [-0.3, -0.25) is 0 Å². The average molecular weight is 1790 g/mol. The Morgan fingerprint density at radius 1 is 0.250 bits per heavy atom. The van der Waals surface area contributed by atoms with Crippen LogP contribution < -0.4 is 21.2 Å². The van der Waals surface area contributed by atoms with E-state index in [1.807, 2.05) is 0 Å². The van der Waals surface area contributed by atoms with Gasteiger partial charge in [-0.2, -0.15) is 119 Å². The molecule has 0 atom stereocenters. The van der Waals surface area contributed by atoms with Crippen LogP contribution in [0.4, 0.5) is 119 Å². The van der Waals surface area contributed by atoms with Crippen LogP contribution in [-0.4, -0.2) is 109 Å².